The highest BCUT2D eigenvalue weighted by atomic mass is 35.5. The fourth-order valence-electron chi connectivity index (χ4n) is 3.20. The summed E-state index contributed by atoms with van der Waals surface area (Å²) in [5.41, 5.74) is 3.67. The predicted octanol–water partition coefficient (Wildman–Crippen LogP) is 5.82. The summed E-state index contributed by atoms with van der Waals surface area (Å²) in [6.07, 6.45) is 0.745. The van der Waals surface area contributed by atoms with Crippen LogP contribution in [0.4, 0.5) is 0 Å². The number of rotatable bonds is 6. The molecule has 0 fully saturated rings. The van der Waals surface area contributed by atoms with Crippen molar-refractivity contribution in [1.29, 1.82) is 0 Å². The number of amides is 1. The second kappa shape index (κ2) is 9.16. The monoisotopic (exact) mass is 435 g/mol. The average Bonchev–Trinajstić information content (AvgIpc) is 3.20. The van der Waals surface area contributed by atoms with Gasteiger partial charge in [-0.3, -0.25) is 4.79 Å². The van der Waals surface area contributed by atoms with Gasteiger partial charge < -0.3 is 5.32 Å². The first-order chi connectivity index (χ1) is 14.6. The van der Waals surface area contributed by atoms with E-state index < -0.39 is 0 Å². The maximum Gasteiger partial charge on any atom is 0.270 e. The van der Waals surface area contributed by atoms with Crippen LogP contribution in [0.25, 0.3) is 16.9 Å². The van der Waals surface area contributed by atoms with Crippen LogP contribution in [0.5, 0.6) is 0 Å². The summed E-state index contributed by atoms with van der Waals surface area (Å²) in [6, 6.07) is 26.4. The molecule has 0 saturated heterocycles. The van der Waals surface area contributed by atoms with Crippen molar-refractivity contribution in [3.63, 3.8) is 0 Å². The van der Waals surface area contributed by atoms with Crippen LogP contribution in [0.2, 0.25) is 10.0 Å². The zero-order valence-corrected chi connectivity index (χ0v) is 17.6. The molecule has 0 aliphatic rings. The van der Waals surface area contributed by atoms with Gasteiger partial charge in [0.25, 0.3) is 5.91 Å². The minimum atomic E-state index is -0.211. The van der Waals surface area contributed by atoms with E-state index >= 15 is 0 Å². The second-order valence-corrected chi connectivity index (χ2v) is 7.62. The highest BCUT2D eigenvalue weighted by Crippen LogP contribution is 2.28. The number of benzene rings is 3. The van der Waals surface area contributed by atoms with E-state index in [9.17, 15) is 4.79 Å². The quantitative estimate of drug-likeness (QED) is 0.414. The predicted molar refractivity (Wildman–Crippen MR) is 121 cm³/mol. The summed E-state index contributed by atoms with van der Waals surface area (Å²) in [6.45, 7) is 0.519. The summed E-state index contributed by atoms with van der Waals surface area (Å²) in [4.78, 5) is 13.0. The van der Waals surface area contributed by atoms with Crippen LogP contribution >= 0.6 is 23.2 Å². The van der Waals surface area contributed by atoms with Gasteiger partial charge in [-0.15, -0.1) is 0 Å². The summed E-state index contributed by atoms with van der Waals surface area (Å²) in [7, 11) is 0. The molecule has 0 spiro atoms. The lowest BCUT2D eigenvalue weighted by Gasteiger charge is -2.09. The zero-order valence-electron chi connectivity index (χ0n) is 16.1. The van der Waals surface area contributed by atoms with E-state index in [0.29, 0.717) is 33.7 Å². The van der Waals surface area contributed by atoms with Crippen molar-refractivity contribution in [2.75, 3.05) is 6.54 Å². The molecule has 0 saturated carbocycles. The summed E-state index contributed by atoms with van der Waals surface area (Å²) in [5, 5.41) is 8.78. The molecule has 6 heteroatoms. The minimum absolute atomic E-state index is 0.211. The summed E-state index contributed by atoms with van der Waals surface area (Å²) < 4.78 is 1.60. The van der Waals surface area contributed by atoms with E-state index in [4.69, 9.17) is 23.2 Å². The van der Waals surface area contributed by atoms with Gasteiger partial charge in [0.2, 0.25) is 0 Å². The molecule has 0 unspecified atom stereocenters. The van der Waals surface area contributed by atoms with Gasteiger partial charge >= 0.3 is 0 Å². The molecule has 1 amide bonds. The van der Waals surface area contributed by atoms with Crippen LogP contribution in [-0.2, 0) is 6.42 Å². The van der Waals surface area contributed by atoms with Gasteiger partial charge in [-0.25, -0.2) is 4.68 Å². The maximum atomic E-state index is 13.0. The zero-order chi connectivity index (χ0) is 20.9. The van der Waals surface area contributed by atoms with Crippen LogP contribution < -0.4 is 5.32 Å². The first kappa shape index (κ1) is 20.2. The molecule has 0 aliphatic heterocycles. The fourth-order valence-corrected chi connectivity index (χ4v) is 3.62. The highest BCUT2D eigenvalue weighted by molar-refractivity contribution is 6.33. The molecule has 4 nitrogen and oxygen atoms in total. The Morgan fingerprint density at radius 1 is 0.900 bits per heavy atom. The standard InChI is InChI=1S/C24H19Cl2N3O/c25-18-9-6-10-19(15-18)29-23(16-22(28-29)20-11-4-5-12-21(20)26)24(30)27-14-13-17-7-2-1-3-8-17/h1-12,15-16H,13-14H2,(H,27,30). The van der Waals surface area contributed by atoms with E-state index in [2.05, 4.69) is 10.4 Å². The summed E-state index contributed by atoms with van der Waals surface area (Å²) in [5.74, 6) is -0.211. The number of carbonyl (C=O) groups excluding carboxylic acids is 1. The van der Waals surface area contributed by atoms with Crippen molar-refractivity contribution in [3.05, 3.63) is 106 Å². The van der Waals surface area contributed by atoms with E-state index in [-0.39, 0.29) is 5.91 Å². The third kappa shape index (κ3) is 4.56. The number of nitrogens with zero attached hydrogens (tertiary/aromatic N) is 2. The van der Waals surface area contributed by atoms with Gasteiger partial charge in [0.05, 0.1) is 16.4 Å². The normalized spacial score (nSPS) is 10.7. The topological polar surface area (TPSA) is 46.9 Å². The van der Waals surface area contributed by atoms with Gasteiger partial charge in [0.1, 0.15) is 5.69 Å². The van der Waals surface area contributed by atoms with Gasteiger partial charge in [-0.05, 0) is 42.3 Å². The first-order valence-corrected chi connectivity index (χ1v) is 10.3. The highest BCUT2D eigenvalue weighted by Gasteiger charge is 2.18. The van der Waals surface area contributed by atoms with Crippen molar-refractivity contribution < 1.29 is 4.79 Å². The fraction of sp³-hybridized carbons (Fsp3) is 0.0833. The van der Waals surface area contributed by atoms with Gasteiger partial charge in [-0.2, -0.15) is 5.10 Å². The first-order valence-electron chi connectivity index (χ1n) is 9.55. The van der Waals surface area contributed by atoms with Crippen molar-refractivity contribution >= 4 is 29.1 Å². The van der Waals surface area contributed by atoms with Gasteiger partial charge in [-0.1, -0.05) is 77.8 Å². The number of aromatic nitrogens is 2. The lowest BCUT2D eigenvalue weighted by atomic mass is 10.1. The Labute approximate surface area is 185 Å². The Balaban J connectivity index is 1.64. The third-order valence-corrected chi connectivity index (χ3v) is 5.25. The molecule has 1 N–H and O–H groups in total. The van der Waals surface area contributed by atoms with Crippen LogP contribution in [-0.4, -0.2) is 22.2 Å². The molecule has 1 heterocycles. The third-order valence-electron chi connectivity index (χ3n) is 4.69. The SMILES string of the molecule is O=C(NCCc1ccccc1)c1cc(-c2ccccc2Cl)nn1-c1cccc(Cl)c1. The van der Waals surface area contributed by atoms with Crippen molar-refractivity contribution in [1.82, 2.24) is 15.1 Å². The number of carbonyl (C=O) groups is 1. The Morgan fingerprint density at radius 2 is 1.67 bits per heavy atom. The minimum Gasteiger partial charge on any atom is -0.350 e. The Bertz CT molecular complexity index is 1170. The van der Waals surface area contributed by atoms with Crippen molar-refractivity contribution in [3.8, 4) is 16.9 Å². The smallest absolute Gasteiger partial charge is 0.270 e. The number of hydrogen-bond donors (Lipinski definition) is 1. The van der Waals surface area contributed by atoms with Crippen LogP contribution in [0.1, 0.15) is 16.1 Å². The summed E-state index contributed by atoms with van der Waals surface area (Å²) >= 11 is 12.5. The van der Waals surface area contributed by atoms with E-state index in [1.165, 1.54) is 0 Å². The van der Waals surface area contributed by atoms with Gasteiger partial charge in [0, 0.05) is 17.1 Å². The lowest BCUT2D eigenvalue weighted by Crippen LogP contribution is -2.27. The molecule has 4 aromatic rings. The van der Waals surface area contributed by atoms with Crippen LogP contribution in [0.3, 0.4) is 0 Å². The molecular formula is C24H19Cl2N3O. The largest absolute Gasteiger partial charge is 0.350 e. The van der Waals surface area contributed by atoms with E-state index in [1.54, 1.807) is 28.9 Å². The molecule has 0 aliphatic carbocycles. The Kier molecular flexibility index (Phi) is 6.17. The lowest BCUT2D eigenvalue weighted by molar-refractivity contribution is 0.0946. The maximum absolute atomic E-state index is 13.0. The van der Waals surface area contributed by atoms with Crippen molar-refractivity contribution in [2.45, 2.75) is 6.42 Å². The molecule has 1 aromatic heterocycles. The number of hydrogen-bond acceptors (Lipinski definition) is 2. The Morgan fingerprint density at radius 3 is 2.43 bits per heavy atom. The molecular weight excluding hydrogens is 417 g/mol. The van der Waals surface area contributed by atoms with Crippen molar-refractivity contribution in [2.24, 2.45) is 0 Å². The number of halogens is 2. The van der Waals surface area contributed by atoms with E-state index in [0.717, 1.165) is 17.5 Å². The van der Waals surface area contributed by atoms with Gasteiger partial charge in [0.15, 0.2) is 0 Å². The molecule has 0 radical (unpaired) electrons. The second-order valence-electron chi connectivity index (χ2n) is 6.78. The molecule has 4 rings (SSSR count). The molecule has 0 atom stereocenters. The van der Waals surface area contributed by atoms with Crippen LogP contribution in [0.15, 0.2) is 84.9 Å². The van der Waals surface area contributed by atoms with Crippen LogP contribution in [0, 0.1) is 0 Å². The molecule has 0 bridgehead atoms. The molecule has 30 heavy (non-hydrogen) atoms. The average molecular weight is 436 g/mol. The van der Waals surface area contributed by atoms with E-state index in [1.807, 2.05) is 60.7 Å². The molecule has 150 valence electrons. The molecule has 3 aromatic carbocycles. The Hall–Kier alpha value is -3.08. The number of nitrogens with one attached hydrogen (secondary N) is 1.